The largest absolute Gasteiger partial charge is 0.372 e. The van der Waals surface area contributed by atoms with Crippen LogP contribution >= 0.6 is 0 Å². The highest BCUT2D eigenvalue weighted by atomic mass is 32.2. The highest BCUT2D eigenvalue weighted by Gasteiger charge is 2.53. The number of amides is 1. The third-order valence-corrected chi connectivity index (χ3v) is 7.32. The minimum Gasteiger partial charge on any atom is -0.372 e. The van der Waals surface area contributed by atoms with E-state index in [1.165, 1.54) is 4.31 Å². The Morgan fingerprint density at radius 3 is 2.52 bits per heavy atom. The van der Waals surface area contributed by atoms with Gasteiger partial charge in [-0.3, -0.25) is 4.79 Å². The van der Waals surface area contributed by atoms with E-state index in [2.05, 4.69) is 0 Å². The fourth-order valence-electron chi connectivity index (χ4n) is 4.14. The summed E-state index contributed by atoms with van der Waals surface area (Å²) in [7, 11) is -3.44. The first-order chi connectivity index (χ1) is 12.0. The summed E-state index contributed by atoms with van der Waals surface area (Å²) in [4.78, 5) is 14.6. The van der Waals surface area contributed by atoms with Crippen LogP contribution in [0.4, 0.5) is 0 Å². The fourth-order valence-corrected chi connectivity index (χ4v) is 5.75. The van der Waals surface area contributed by atoms with Gasteiger partial charge in [-0.05, 0) is 37.3 Å². The molecule has 3 aliphatic heterocycles. The molecular weight excluding hydrogens is 340 g/mol. The molecular formula is C18H24N2O4S. The predicted molar refractivity (Wildman–Crippen MR) is 92.4 cm³/mol. The maximum Gasteiger partial charge on any atom is 0.243 e. The molecule has 0 N–H and O–H groups in total. The van der Waals surface area contributed by atoms with Crippen LogP contribution in [0.15, 0.2) is 35.2 Å². The van der Waals surface area contributed by atoms with Crippen molar-refractivity contribution in [3.8, 4) is 0 Å². The zero-order chi connectivity index (χ0) is 17.5. The third-order valence-electron chi connectivity index (χ3n) is 5.52. The van der Waals surface area contributed by atoms with Crippen LogP contribution in [0.1, 0.15) is 25.7 Å². The molecule has 7 heteroatoms. The summed E-state index contributed by atoms with van der Waals surface area (Å²) in [6, 6.07) is 8.50. The molecule has 136 valence electrons. The van der Waals surface area contributed by atoms with Crippen LogP contribution in [0, 0.1) is 5.92 Å². The first-order valence-electron chi connectivity index (χ1n) is 8.96. The van der Waals surface area contributed by atoms with Crippen molar-refractivity contribution in [1.29, 1.82) is 0 Å². The van der Waals surface area contributed by atoms with Gasteiger partial charge >= 0.3 is 0 Å². The highest BCUT2D eigenvalue weighted by molar-refractivity contribution is 7.89. The molecule has 1 spiro atoms. The number of ether oxygens (including phenoxy) is 1. The van der Waals surface area contributed by atoms with Gasteiger partial charge in [0.25, 0.3) is 0 Å². The average molecular weight is 364 g/mol. The lowest BCUT2D eigenvalue weighted by atomic mass is 9.87. The Morgan fingerprint density at radius 2 is 1.84 bits per heavy atom. The molecule has 1 unspecified atom stereocenters. The van der Waals surface area contributed by atoms with E-state index in [9.17, 15) is 13.2 Å². The highest BCUT2D eigenvalue weighted by Crippen LogP contribution is 2.41. The number of carbonyl (C=O) groups excluding carboxylic acids is 1. The molecule has 1 atom stereocenters. The van der Waals surface area contributed by atoms with Crippen LogP contribution in [0.5, 0.6) is 0 Å². The van der Waals surface area contributed by atoms with Crippen molar-refractivity contribution in [3.05, 3.63) is 30.3 Å². The van der Waals surface area contributed by atoms with E-state index in [4.69, 9.17) is 4.74 Å². The lowest BCUT2D eigenvalue weighted by molar-refractivity contribution is -0.131. The lowest BCUT2D eigenvalue weighted by Gasteiger charge is -2.46. The SMILES string of the molecule is O=C(CC1COC2(C1)CN(S(=O)(=O)c1ccccc1)C2)N1CCCC1. The molecule has 6 nitrogen and oxygen atoms in total. The van der Waals surface area contributed by atoms with Gasteiger partial charge in [-0.1, -0.05) is 18.2 Å². The average Bonchev–Trinajstić information content (AvgIpc) is 3.24. The Bertz CT molecular complexity index is 738. The van der Waals surface area contributed by atoms with Crippen LogP contribution in [-0.2, 0) is 19.6 Å². The Kier molecular flexibility index (Phi) is 4.33. The number of sulfonamides is 1. The van der Waals surface area contributed by atoms with E-state index >= 15 is 0 Å². The van der Waals surface area contributed by atoms with Crippen molar-refractivity contribution in [3.63, 3.8) is 0 Å². The quantitative estimate of drug-likeness (QED) is 0.812. The van der Waals surface area contributed by atoms with Crippen LogP contribution in [0.3, 0.4) is 0 Å². The van der Waals surface area contributed by atoms with E-state index in [1.807, 2.05) is 4.90 Å². The number of hydrogen-bond donors (Lipinski definition) is 0. The molecule has 0 aliphatic carbocycles. The van der Waals surface area contributed by atoms with Crippen LogP contribution in [-0.4, -0.2) is 61.9 Å². The second-order valence-corrected chi connectivity index (χ2v) is 9.38. The second kappa shape index (κ2) is 6.37. The minimum atomic E-state index is -3.44. The van der Waals surface area contributed by atoms with E-state index in [-0.39, 0.29) is 11.8 Å². The minimum absolute atomic E-state index is 0.203. The molecule has 0 radical (unpaired) electrons. The maximum absolute atomic E-state index is 12.6. The second-order valence-electron chi connectivity index (χ2n) is 7.44. The van der Waals surface area contributed by atoms with Gasteiger partial charge in [-0.25, -0.2) is 8.42 Å². The predicted octanol–water partition coefficient (Wildman–Crippen LogP) is 1.48. The van der Waals surface area contributed by atoms with E-state index in [0.717, 1.165) is 32.4 Å². The Morgan fingerprint density at radius 1 is 1.16 bits per heavy atom. The molecule has 25 heavy (non-hydrogen) atoms. The lowest BCUT2D eigenvalue weighted by Crippen LogP contribution is -2.63. The van der Waals surface area contributed by atoms with Crippen molar-refractivity contribution in [2.75, 3.05) is 32.8 Å². The number of carbonyl (C=O) groups is 1. The standard InChI is InChI=1S/C18H24N2O4S/c21-17(19-8-4-5-9-19)10-15-11-18(24-12-15)13-20(14-18)25(22,23)16-6-2-1-3-7-16/h1-3,6-7,15H,4-5,8-14H2. The van der Waals surface area contributed by atoms with Crippen molar-refractivity contribution < 1.29 is 17.9 Å². The van der Waals surface area contributed by atoms with E-state index in [1.54, 1.807) is 30.3 Å². The molecule has 0 saturated carbocycles. The molecule has 0 aromatic heterocycles. The Labute approximate surface area is 148 Å². The Hall–Kier alpha value is -1.44. The molecule has 3 heterocycles. The number of nitrogens with zero attached hydrogens (tertiary/aromatic N) is 2. The number of rotatable bonds is 4. The summed E-state index contributed by atoms with van der Waals surface area (Å²) in [6.45, 7) is 3.08. The summed E-state index contributed by atoms with van der Waals surface area (Å²) in [5, 5.41) is 0. The molecule has 3 saturated heterocycles. The van der Waals surface area contributed by atoms with Gasteiger partial charge in [0.05, 0.1) is 17.1 Å². The first kappa shape index (κ1) is 17.0. The Balaban J connectivity index is 1.33. The summed E-state index contributed by atoms with van der Waals surface area (Å²) in [5.74, 6) is 0.422. The summed E-state index contributed by atoms with van der Waals surface area (Å²) >= 11 is 0. The van der Waals surface area contributed by atoms with Crippen LogP contribution in [0.25, 0.3) is 0 Å². The molecule has 3 fully saturated rings. The van der Waals surface area contributed by atoms with Crippen molar-refractivity contribution >= 4 is 15.9 Å². The number of hydrogen-bond acceptors (Lipinski definition) is 4. The van der Waals surface area contributed by atoms with Crippen molar-refractivity contribution in [1.82, 2.24) is 9.21 Å². The van der Waals surface area contributed by atoms with Crippen LogP contribution in [0.2, 0.25) is 0 Å². The topological polar surface area (TPSA) is 66.9 Å². The monoisotopic (exact) mass is 364 g/mol. The zero-order valence-corrected chi connectivity index (χ0v) is 15.1. The maximum atomic E-state index is 12.6. The molecule has 1 amide bonds. The van der Waals surface area contributed by atoms with Gasteiger partial charge in [0.2, 0.25) is 15.9 Å². The van der Waals surface area contributed by atoms with Crippen LogP contribution < -0.4 is 0 Å². The summed E-state index contributed by atoms with van der Waals surface area (Å²) < 4.78 is 32.6. The van der Waals surface area contributed by atoms with Gasteiger partial charge < -0.3 is 9.64 Å². The van der Waals surface area contributed by atoms with Crippen molar-refractivity contribution in [2.24, 2.45) is 5.92 Å². The normalized spacial score (nSPS) is 26.1. The molecule has 0 bridgehead atoms. The first-order valence-corrected chi connectivity index (χ1v) is 10.4. The zero-order valence-electron chi connectivity index (χ0n) is 14.3. The van der Waals surface area contributed by atoms with E-state index in [0.29, 0.717) is 31.0 Å². The van der Waals surface area contributed by atoms with Crippen molar-refractivity contribution in [2.45, 2.75) is 36.2 Å². The molecule has 1 aromatic rings. The fraction of sp³-hybridized carbons (Fsp3) is 0.611. The van der Waals surface area contributed by atoms with Gasteiger partial charge in [0, 0.05) is 32.6 Å². The summed E-state index contributed by atoms with van der Waals surface area (Å²) in [6.07, 6.45) is 3.49. The third kappa shape index (κ3) is 3.20. The smallest absolute Gasteiger partial charge is 0.243 e. The molecule has 4 rings (SSSR count). The summed E-state index contributed by atoms with van der Waals surface area (Å²) in [5.41, 5.74) is -0.391. The van der Waals surface area contributed by atoms with Gasteiger partial charge in [-0.15, -0.1) is 0 Å². The van der Waals surface area contributed by atoms with E-state index < -0.39 is 15.6 Å². The van der Waals surface area contributed by atoms with Gasteiger partial charge in [0.15, 0.2) is 0 Å². The molecule has 1 aromatic carbocycles. The number of benzene rings is 1. The molecule has 3 aliphatic rings. The van der Waals surface area contributed by atoms with Gasteiger partial charge in [-0.2, -0.15) is 4.31 Å². The number of likely N-dealkylation sites (tertiary alicyclic amines) is 1. The van der Waals surface area contributed by atoms with Gasteiger partial charge in [0.1, 0.15) is 0 Å².